The Labute approximate surface area is 110 Å². The lowest BCUT2D eigenvalue weighted by atomic mass is 10.0. The molecule has 0 radical (unpaired) electrons. The zero-order valence-electron chi connectivity index (χ0n) is 11.7. The molecule has 0 saturated carbocycles. The SMILES string of the molecule is COCCC(C)N1CCC(c2cc(C)ccn2)C1. The molecule has 3 nitrogen and oxygen atoms in total. The molecule has 2 atom stereocenters. The van der Waals surface area contributed by atoms with Gasteiger partial charge in [0.1, 0.15) is 0 Å². The van der Waals surface area contributed by atoms with Gasteiger partial charge < -0.3 is 4.74 Å². The van der Waals surface area contributed by atoms with Crippen molar-refractivity contribution < 1.29 is 4.74 Å². The van der Waals surface area contributed by atoms with Gasteiger partial charge in [-0.15, -0.1) is 0 Å². The summed E-state index contributed by atoms with van der Waals surface area (Å²) in [6.45, 7) is 7.61. The van der Waals surface area contributed by atoms with E-state index in [0.29, 0.717) is 12.0 Å². The second kappa shape index (κ2) is 6.30. The van der Waals surface area contributed by atoms with Gasteiger partial charge >= 0.3 is 0 Å². The Morgan fingerprint density at radius 1 is 1.56 bits per heavy atom. The van der Waals surface area contributed by atoms with Gasteiger partial charge in [0.25, 0.3) is 0 Å². The highest BCUT2D eigenvalue weighted by molar-refractivity contribution is 5.19. The second-order valence-electron chi connectivity index (χ2n) is 5.37. The Hall–Kier alpha value is -0.930. The van der Waals surface area contributed by atoms with Crippen LogP contribution in [0.2, 0.25) is 0 Å². The summed E-state index contributed by atoms with van der Waals surface area (Å²) in [4.78, 5) is 7.09. The number of nitrogens with zero attached hydrogens (tertiary/aromatic N) is 2. The third kappa shape index (κ3) is 3.30. The fraction of sp³-hybridized carbons (Fsp3) is 0.667. The summed E-state index contributed by atoms with van der Waals surface area (Å²) in [5.41, 5.74) is 2.57. The van der Waals surface area contributed by atoms with E-state index in [2.05, 4.69) is 35.9 Å². The van der Waals surface area contributed by atoms with Crippen LogP contribution in [0.25, 0.3) is 0 Å². The lowest BCUT2D eigenvalue weighted by Crippen LogP contribution is -2.31. The third-order valence-electron chi connectivity index (χ3n) is 3.94. The van der Waals surface area contributed by atoms with Crippen LogP contribution in [0.5, 0.6) is 0 Å². The number of ether oxygens (including phenoxy) is 1. The lowest BCUT2D eigenvalue weighted by molar-refractivity contribution is 0.151. The third-order valence-corrected chi connectivity index (χ3v) is 3.94. The van der Waals surface area contributed by atoms with Gasteiger partial charge in [-0.3, -0.25) is 9.88 Å². The maximum Gasteiger partial charge on any atom is 0.0477 e. The molecule has 1 aromatic heterocycles. The van der Waals surface area contributed by atoms with Crippen LogP contribution in [0.1, 0.15) is 36.9 Å². The Morgan fingerprint density at radius 3 is 3.11 bits per heavy atom. The van der Waals surface area contributed by atoms with E-state index in [0.717, 1.165) is 19.6 Å². The van der Waals surface area contributed by atoms with Gasteiger partial charge in [-0.1, -0.05) is 0 Å². The van der Waals surface area contributed by atoms with Gasteiger partial charge in [0.15, 0.2) is 0 Å². The highest BCUT2D eigenvalue weighted by Gasteiger charge is 2.27. The topological polar surface area (TPSA) is 25.4 Å². The quantitative estimate of drug-likeness (QED) is 0.801. The maximum absolute atomic E-state index is 5.16. The number of hydrogen-bond acceptors (Lipinski definition) is 3. The van der Waals surface area contributed by atoms with E-state index in [1.807, 2.05) is 6.20 Å². The van der Waals surface area contributed by atoms with Gasteiger partial charge in [0.05, 0.1) is 0 Å². The molecule has 1 aliphatic heterocycles. The molecule has 1 aliphatic rings. The maximum atomic E-state index is 5.16. The van der Waals surface area contributed by atoms with E-state index in [1.165, 1.54) is 24.2 Å². The molecule has 2 unspecified atom stereocenters. The van der Waals surface area contributed by atoms with Crippen molar-refractivity contribution in [2.45, 2.75) is 38.6 Å². The first-order chi connectivity index (χ1) is 8.70. The molecule has 1 aromatic rings. The minimum absolute atomic E-state index is 0.606. The predicted octanol–water partition coefficient (Wildman–Crippen LogP) is 2.60. The molecule has 0 amide bonds. The second-order valence-corrected chi connectivity index (χ2v) is 5.37. The summed E-state index contributed by atoms with van der Waals surface area (Å²) >= 11 is 0. The van der Waals surface area contributed by atoms with Gasteiger partial charge in [0, 0.05) is 44.1 Å². The monoisotopic (exact) mass is 248 g/mol. The van der Waals surface area contributed by atoms with Gasteiger partial charge in [0.2, 0.25) is 0 Å². The van der Waals surface area contributed by atoms with E-state index in [-0.39, 0.29) is 0 Å². The van der Waals surface area contributed by atoms with Crippen molar-refractivity contribution in [3.8, 4) is 0 Å². The molecular formula is C15H24N2O. The van der Waals surface area contributed by atoms with Crippen molar-refractivity contribution >= 4 is 0 Å². The Balaban J connectivity index is 1.92. The van der Waals surface area contributed by atoms with Crippen LogP contribution in [0.3, 0.4) is 0 Å². The number of likely N-dealkylation sites (tertiary alicyclic amines) is 1. The fourth-order valence-corrected chi connectivity index (χ4v) is 2.68. The number of aromatic nitrogens is 1. The van der Waals surface area contributed by atoms with E-state index in [1.54, 1.807) is 7.11 Å². The molecule has 1 saturated heterocycles. The molecule has 0 spiro atoms. The van der Waals surface area contributed by atoms with Crippen molar-refractivity contribution in [3.63, 3.8) is 0 Å². The zero-order chi connectivity index (χ0) is 13.0. The molecule has 0 aliphatic carbocycles. The molecule has 3 heteroatoms. The van der Waals surface area contributed by atoms with E-state index in [9.17, 15) is 0 Å². The average Bonchev–Trinajstić information content (AvgIpc) is 2.85. The number of rotatable bonds is 5. The van der Waals surface area contributed by atoms with Gasteiger partial charge in [-0.25, -0.2) is 0 Å². The molecule has 2 heterocycles. The summed E-state index contributed by atoms with van der Waals surface area (Å²) in [7, 11) is 1.77. The fourth-order valence-electron chi connectivity index (χ4n) is 2.68. The average molecular weight is 248 g/mol. The van der Waals surface area contributed by atoms with E-state index < -0.39 is 0 Å². The summed E-state index contributed by atoms with van der Waals surface area (Å²) in [5.74, 6) is 0.606. The van der Waals surface area contributed by atoms with E-state index in [4.69, 9.17) is 4.74 Å². The first-order valence-electron chi connectivity index (χ1n) is 6.86. The van der Waals surface area contributed by atoms with Crippen LogP contribution in [-0.2, 0) is 4.74 Å². The van der Waals surface area contributed by atoms with E-state index >= 15 is 0 Å². The summed E-state index contributed by atoms with van der Waals surface area (Å²) in [5, 5.41) is 0. The van der Waals surface area contributed by atoms with Crippen molar-refractivity contribution in [1.82, 2.24) is 9.88 Å². The Morgan fingerprint density at radius 2 is 2.39 bits per heavy atom. The van der Waals surface area contributed by atoms with Crippen LogP contribution in [0.4, 0.5) is 0 Å². The van der Waals surface area contributed by atoms with Crippen LogP contribution in [0.15, 0.2) is 18.3 Å². The summed E-state index contributed by atoms with van der Waals surface area (Å²) in [6.07, 6.45) is 4.28. The minimum atomic E-state index is 0.606. The first-order valence-corrected chi connectivity index (χ1v) is 6.86. The largest absolute Gasteiger partial charge is 0.385 e. The lowest BCUT2D eigenvalue weighted by Gasteiger charge is -2.24. The number of hydrogen-bond donors (Lipinski definition) is 0. The molecule has 2 rings (SSSR count). The normalized spacial score (nSPS) is 22.3. The van der Waals surface area contributed by atoms with Crippen LogP contribution >= 0.6 is 0 Å². The Kier molecular flexibility index (Phi) is 4.72. The van der Waals surface area contributed by atoms with Gasteiger partial charge in [-0.05, 0) is 50.9 Å². The number of pyridine rings is 1. The van der Waals surface area contributed by atoms with Crippen LogP contribution < -0.4 is 0 Å². The molecule has 0 N–H and O–H groups in total. The van der Waals surface area contributed by atoms with Crippen LogP contribution in [0, 0.1) is 6.92 Å². The minimum Gasteiger partial charge on any atom is -0.385 e. The van der Waals surface area contributed by atoms with Crippen molar-refractivity contribution in [2.75, 3.05) is 26.8 Å². The highest BCUT2D eigenvalue weighted by atomic mass is 16.5. The molecule has 0 aromatic carbocycles. The predicted molar refractivity (Wildman–Crippen MR) is 73.9 cm³/mol. The standard InChI is InChI=1S/C15H24N2O/c1-12-4-7-16-15(10-12)14-5-8-17(11-14)13(2)6-9-18-3/h4,7,10,13-14H,5-6,8-9,11H2,1-3H3. The highest BCUT2D eigenvalue weighted by Crippen LogP contribution is 2.27. The van der Waals surface area contributed by atoms with Crippen molar-refractivity contribution in [1.29, 1.82) is 0 Å². The van der Waals surface area contributed by atoms with Gasteiger partial charge in [-0.2, -0.15) is 0 Å². The summed E-state index contributed by atoms with van der Waals surface area (Å²) < 4.78 is 5.16. The molecular weight excluding hydrogens is 224 g/mol. The van der Waals surface area contributed by atoms with Crippen molar-refractivity contribution in [2.24, 2.45) is 0 Å². The number of methoxy groups -OCH3 is 1. The molecule has 18 heavy (non-hydrogen) atoms. The van der Waals surface area contributed by atoms with Crippen molar-refractivity contribution in [3.05, 3.63) is 29.6 Å². The summed E-state index contributed by atoms with van der Waals surface area (Å²) in [6, 6.07) is 4.91. The first kappa shape index (κ1) is 13.5. The van der Waals surface area contributed by atoms with Crippen LogP contribution in [-0.4, -0.2) is 42.7 Å². The Bertz CT molecular complexity index is 381. The molecule has 1 fully saturated rings. The zero-order valence-corrected chi connectivity index (χ0v) is 11.7. The smallest absolute Gasteiger partial charge is 0.0477 e. The molecule has 0 bridgehead atoms. The molecule has 100 valence electrons. The number of aryl methyl sites for hydroxylation is 1.